The van der Waals surface area contributed by atoms with Crippen LogP contribution >= 0.6 is 0 Å². The average Bonchev–Trinajstić information content (AvgIpc) is 3.12. The maximum atomic E-state index is 13.9. The second kappa shape index (κ2) is 5.43. The molecule has 1 fully saturated rings. The Morgan fingerprint density at radius 1 is 1.37 bits per heavy atom. The lowest BCUT2D eigenvalue weighted by Gasteiger charge is -2.26. The van der Waals surface area contributed by atoms with Gasteiger partial charge >= 0.3 is 0 Å². The van der Waals surface area contributed by atoms with Crippen LogP contribution in [0.3, 0.4) is 0 Å². The van der Waals surface area contributed by atoms with Crippen molar-refractivity contribution in [2.24, 2.45) is 0 Å². The van der Waals surface area contributed by atoms with Crippen molar-refractivity contribution in [1.29, 1.82) is 0 Å². The third kappa shape index (κ3) is 3.71. The van der Waals surface area contributed by atoms with Crippen molar-refractivity contribution in [2.75, 3.05) is 0 Å². The van der Waals surface area contributed by atoms with Gasteiger partial charge in [-0.15, -0.1) is 4.72 Å². The van der Waals surface area contributed by atoms with Gasteiger partial charge in [0.05, 0.1) is 6.04 Å². The van der Waals surface area contributed by atoms with Gasteiger partial charge in [-0.05, 0) is 58.1 Å². The molecular weight excluding hydrogens is 261 g/mol. The molecule has 0 aromatic heterocycles. The fraction of sp³-hybridized carbons (Fsp3) is 0.600. The Bertz CT molecular complexity index is 454. The molecule has 19 heavy (non-hydrogen) atoms. The van der Waals surface area contributed by atoms with Crippen LogP contribution in [0, 0.1) is 5.82 Å². The Morgan fingerprint density at radius 3 is 2.53 bits per heavy atom. The Hall–Kier alpha value is -0.580. The molecular formula is C15H22FNOS. The van der Waals surface area contributed by atoms with Gasteiger partial charge in [0.15, 0.2) is 0 Å². The van der Waals surface area contributed by atoms with Crippen LogP contribution in [0.2, 0.25) is 0 Å². The lowest BCUT2D eigenvalue weighted by molar-refractivity contribution is 0.522. The normalized spacial score (nSPS) is 19.3. The van der Waals surface area contributed by atoms with E-state index >= 15 is 0 Å². The Kier molecular flexibility index (Phi) is 4.23. The summed E-state index contributed by atoms with van der Waals surface area (Å²) in [4.78, 5) is 0. The van der Waals surface area contributed by atoms with Gasteiger partial charge in [-0.25, -0.2) is 4.39 Å². The summed E-state index contributed by atoms with van der Waals surface area (Å²) in [5, 5.41) is 0. The fourth-order valence-electron chi connectivity index (χ4n) is 1.97. The monoisotopic (exact) mass is 283 g/mol. The van der Waals surface area contributed by atoms with Gasteiger partial charge in [0.1, 0.15) is 10.6 Å². The molecule has 2 rings (SSSR count). The van der Waals surface area contributed by atoms with Crippen molar-refractivity contribution < 1.29 is 8.94 Å². The number of hydrogen-bond acceptors (Lipinski definition) is 2. The minimum atomic E-state index is -1.19. The van der Waals surface area contributed by atoms with E-state index in [1.807, 2.05) is 39.8 Å². The zero-order valence-electron chi connectivity index (χ0n) is 12.0. The highest BCUT2D eigenvalue weighted by molar-refractivity contribution is 7.90. The molecule has 1 saturated carbocycles. The van der Waals surface area contributed by atoms with Gasteiger partial charge in [-0.2, -0.15) is 0 Å². The van der Waals surface area contributed by atoms with E-state index in [1.54, 1.807) is 0 Å². The van der Waals surface area contributed by atoms with Crippen LogP contribution < -0.4 is 4.72 Å². The van der Waals surface area contributed by atoms with E-state index in [4.69, 9.17) is 0 Å². The predicted octanol–water partition coefficient (Wildman–Crippen LogP) is 3.82. The number of halogens is 1. The van der Waals surface area contributed by atoms with Gasteiger partial charge in [0.25, 0.3) is 0 Å². The van der Waals surface area contributed by atoms with Crippen LogP contribution in [0.15, 0.2) is 18.2 Å². The molecule has 1 aromatic rings. The Morgan fingerprint density at radius 2 is 2.00 bits per heavy atom. The van der Waals surface area contributed by atoms with Crippen molar-refractivity contribution in [2.45, 2.75) is 57.2 Å². The minimum absolute atomic E-state index is 0.227. The standard InChI is InChI=1S/C15H22FNOS/c1-10(17-19(18)15(2,3)4)13-9-12(11-5-6-11)7-8-14(13)16/h7-11,17H,5-6H2,1-4H3/t10-,19+/m1/s1. The van der Waals surface area contributed by atoms with Crippen LogP contribution in [0.5, 0.6) is 0 Å². The summed E-state index contributed by atoms with van der Waals surface area (Å²) in [5.41, 5.74) is 1.81. The molecule has 0 unspecified atom stereocenters. The van der Waals surface area contributed by atoms with E-state index < -0.39 is 11.4 Å². The highest BCUT2D eigenvalue weighted by atomic mass is 32.2. The average molecular weight is 283 g/mol. The third-order valence-electron chi connectivity index (χ3n) is 3.38. The first kappa shape index (κ1) is 14.8. The van der Waals surface area contributed by atoms with Gasteiger partial charge in [0.2, 0.25) is 0 Å². The van der Waals surface area contributed by atoms with Crippen molar-refractivity contribution >= 4 is 11.4 Å². The Balaban J connectivity index is 2.13. The maximum Gasteiger partial charge on any atom is 0.136 e. The van der Waals surface area contributed by atoms with E-state index in [9.17, 15) is 8.94 Å². The van der Waals surface area contributed by atoms with Crippen LogP contribution in [-0.4, -0.2) is 9.30 Å². The second-order valence-electron chi connectivity index (χ2n) is 6.28. The third-order valence-corrected chi connectivity index (χ3v) is 5.06. The number of benzene rings is 1. The number of rotatable bonds is 4. The molecule has 1 N–H and O–H groups in total. The molecule has 0 bridgehead atoms. The summed E-state index contributed by atoms with van der Waals surface area (Å²) in [5.74, 6) is 0.370. The van der Waals surface area contributed by atoms with E-state index in [0.717, 1.165) is 0 Å². The highest BCUT2D eigenvalue weighted by Crippen LogP contribution is 2.41. The van der Waals surface area contributed by atoms with Crippen LogP contribution in [-0.2, 0) is 11.4 Å². The smallest absolute Gasteiger partial charge is 0.136 e. The number of hydrogen-bond donors (Lipinski definition) is 1. The molecule has 0 radical (unpaired) electrons. The van der Waals surface area contributed by atoms with E-state index in [1.165, 1.54) is 24.5 Å². The molecule has 4 heteroatoms. The van der Waals surface area contributed by atoms with Crippen molar-refractivity contribution in [1.82, 2.24) is 4.72 Å². The van der Waals surface area contributed by atoms with Gasteiger partial charge in [-0.1, -0.05) is 12.1 Å². The van der Waals surface area contributed by atoms with E-state index in [0.29, 0.717) is 11.5 Å². The summed E-state index contributed by atoms with van der Waals surface area (Å²) >= 11 is -1.19. The fourth-order valence-corrected chi connectivity index (χ4v) is 2.77. The molecule has 0 spiro atoms. The topological polar surface area (TPSA) is 35.1 Å². The molecule has 2 atom stereocenters. The SMILES string of the molecule is C[C@@H](N[S@@+]([O-])C(C)(C)C)c1cc(C2CC2)ccc1F. The first-order valence-electron chi connectivity index (χ1n) is 6.76. The van der Waals surface area contributed by atoms with Crippen LogP contribution in [0.4, 0.5) is 4.39 Å². The molecule has 0 saturated heterocycles. The zero-order valence-corrected chi connectivity index (χ0v) is 12.8. The Labute approximate surface area is 118 Å². The molecule has 0 heterocycles. The van der Waals surface area contributed by atoms with Crippen LogP contribution in [0.25, 0.3) is 0 Å². The van der Waals surface area contributed by atoms with Crippen molar-refractivity contribution in [3.05, 3.63) is 35.1 Å². The quantitative estimate of drug-likeness (QED) is 0.853. The lowest BCUT2D eigenvalue weighted by Crippen LogP contribution is -2.40. The zero-order chi connectivity index (χ0) is 14.2. The first-order chi connectivity index (χ1) is 8.79. The van der Waals surface area contributed by atoms with E-state index in [2.05, 4.69) is 4.72 Å². The second-order valence-corrected chi connectivity index (χ2v) is 8.27. The molecule has 0 amide bonds. The minimum Gasteiger partial charge on any atom is -0.598 e. The summed E-state index contributed by atoms with van der Waals surface area (Å²) in [6, 6.07) is 5.06. The summed E-state index contributed by atoms with van der Waals surface area (Å²) < 4.78 is 28.6. The van der Waals surface area contributed by atoms with Crippen molar-refractivity contribution in [3.8, 4) is 0 Å². The number of nitrogens with one attached hydrogen (secondary N) is 1. The lowest BCUT2D eigenvalue weighted by atomic mass is 10.0. The van der Waals surface area contributed by atoms with Crippen LogP contribution in [0.1, 0.15) is 63.6 Å². The summed E-state index contributed by atoms with van der Waals surface area (Å²) in [7, 11) is 0. The molecule has 106 valence electrons. The summed E-state index contributed by atoms with van der Waals surface area (Å²) in [6.07, 6.45) is 2.39. The highest BCUT2D eigenvalue weighted by Gasteiger charge is 2.30. The maximum absolute atomic E-state index is 13.9. The molecule has 2 nitrogen and oxygen atoms in total. The van der Waals surface area contributed by atoms with Gasteiger partial charge < -0.3 is 4.55 Å². The van der Waals surface area contributed by atoms with E-state index in [-0.39, 0.29) is 16.6 Å². The molecule has 1 aliphatic rings. The first-order valence-corrected chi connectivity index (χ1v) is 7.91. The largest absolute Gasteiger partial charge is 0.598 e. The predicted molar refractivity (Wildman–Crippen MR) is 77.8 cm³/mol. The summed E-state index contributed by atoms with van der Waals surface area (Å²) in [6.45, 7) is 7.57. The molecule has 1 aliphatic carbocycles. The van der Waals surface area contributed by atoms with Gasteiger partial charge in [-0.3, -0.25) is 0 Å². The van der Waals surface area contributed by atoms with Crippen molar-refractivity contribution in [3.63, 3.8) is 0 Å². The van der Waals surface area contributed by atoms with Gasteiger partial charge in [0, 0.05) is 16.9 Å². The molecule has 0 aliphatic heterocycles. The molecule has 1 aromatic carbocycles.